The molecule has 9 heteroatoms. The molecule has 0 spiro atoms. The Hall–Kier alpha value is -3.07. The van der Waals surface area contributed by atoms with E-state index in [9.17, 15) is 13.2 Å². The number of amides is 1. The van der Waals surface area contributed by atoms with Crippen LogP contribution in [0.4, 0.5) is 11.4 Å². The molecule has 2 heterocycles. The zero-order valence-corrected chi connectivity index (χ0v) is 18.9. The molecule has 0 unspecified atom stereocenters. The van der Waals surface area contributed by atoms with Gasteiger partial charge in [-0.3, -0.25) is 4.79 Å². The van der Waals surface area contributed by atoms with Gasteiger partial charge in [0.05, 0.1) is 22.5 Å². The molecule has 2 aromatic heterocycles. The number of hydrogen-bond acceptors (Lipinski definition) is 6. The fourth-order valence-corrected chi connectivity index (χ4v) is 5.56. The molecule has 0 aliphatic heterocycles. The van der Waals surface area contributed by atoms with E-state index in [-0.39, 0.29) is 22.8 Å². The second kappa shape index (κ2) is 9.20. The van der Waals surface area contributed by atoms with Crippen LogP contribution in [-0.2, 0) is 14.8 Å². The number of nitrogen functional groups attached to an aromatic ring is 1. The van der Waals surface area contributed by atoms with Gasteiger partial charge >= 0.3 is 0 Å². The fraction of sp³-hybridized carbons (Fsp3) is 0.391. The molecule has 3 aromatic rings. The van der Waals surface area contributed by atoms with Gasteiger partial charge in [0.15, 0.2) is 5.65 Å². The first kappa shape index (κ1) is 22.1. The highest BCUT2D eigenvalue weighted by molar-refractivity contribution is 7.90. The molecule has 0 radical (unpaired) electrons. The third-order valence-electron chi connectivity index (χ3n) is 6.01. The summed E-state index contributed by atoms with van der Waals surface area (Å²) in [5.41, 5.74) is 7.71. The van der Waals surface area contributed by atoms with E-state index in [0.717, 1.165) is 32.1 Å². The van der Waals surface area contributed by atoms with Crippen LogP contribution in [-0.4, -0.2) is 35.9 Å². The molecule has 1 aliphatic rings. The van der Waals surface area contributed by atoms with Crippen molar-refractivity contribution in [3.8, 4) is 0 Å². The molecule has 1 amide bonds. The summed E-state index contributed by atoms with van der Waals surface area (Å²) in [5.74, 6) is 0.186. The summed E-state index contributed by atoms with van der Waals surface area (Å²) >= 11 is 0. The van der Waals surface area contributed by atoms with Crippen LogP contribution in [0.25, 0.3) is 11.0 Å². The van der Waals surface area contributed by atoms with Gasteiger partial charge in [-0.2, -0.15) is 0 Å². The summed E-state index contributed by atoms with van der Waals surface area (Å²) in [5, 5.41) is 7.14. The summed E-state index contributed by atoms with van der Waals surface area (Å²) in [4.78, 5) is 16.8. The second-order valence-corrected chi connectivity index (χ2v) is 10.1. The zero-order chi connectivity index (χ0) is 22.7. The Bertz CT molecular complexity index is 1200. The summed E-state index contributed by atoms with van der Waals surface area (Å²) in [6.45, 7) is 2.75. The number of nitrogens with two attached hydrogens (primary N) is 1. The standard InChI is InChI=1S/C23H29N5O3S/c1-2-13-25-23(29)16-8-10-17(11-9-16)27-21-19-12-14-28(22(19)26-15-20(21)24)32(30,31)18-6-4-3-5-7-18/h3-7,12,14-17H,2,8-11,13,24H2,1H3,(H,25,29)(H,26,27). The predicted molar refractivity (Wildman–Crippen MR) is 126 cm³/mol. The van der Waals surface area contributed by atoms with Gasteiger partial charge in [0.25, 0.3) is 10.0 Å². The Kier molecular flexibility index (Phi) is 6.36. The second-order valence-electron chi connectivity index (χ2n) is 8.24. The molecule has 0 atom stereocenters. The molecule has 0 bridgehead atoms. The number of benzene rings is 1. The lowest BCUT2D eigenvalue weighted by atomic mass is 9.85. The average molecular weight is 456 g/mol. The monoisotopic (exact) mass is 455 g/mol. The minimum Gasteiger partial charge on any atom is -0.396 e. The fourth-order valence-electron chi connectivity index (χ4n) is 4.24. The van der Waals surface area contributed by atoms with Crippen molar-refractivity contribution in [3.05, 3.63) is 48.8 Å². The maximum atomic E-state index is 13.1. The van der Waals surface area contributed by atoms with Crippen molar-refractivity contribution in [2.24, 2.45) is 5.92 Å². The summed E-state index contributed by atoms with van der Waals surface area (Å²) in [6, 6.07) is 10.2. The highest BCUT2D eigenvalue weighted by Crippen LogP contribution is 2.34. The van der Waals surface area contributed by atoms with Crippen LogP contribution in [0.15, 0.2) is 53.7 Å². The summed E-state index contributed by atoms with van der Waals surface area (Å²) < 4.78 is 27.4. The minimum absolute atomic E-state index is 0.0477. The first-order valence-electron chi connectivity index (χ1n) is 11.0. The number of carbonyl (C=O) groups is 1. The largest absolute Gasteiger partial charge is 0.396 e. The molecule has 1 fully saturated rings. The number of carbonyl (C=O) groups excluding carboxylic acids is 1. The minimum atomic E-state index is -3.77. The van der Waals surface area contributed by atoms with E-state index in [1.807, 2.05) is 6.92 Å². The highest BCUT2D eigenvalue weighted by atomic mass is 32.2. The van der Waals surface area contributed by atoms with E-state index in [4.69, 9.17) is 5.73 Å². The number of anilines is 2. The van der Waals surface area contributed by atoms with E-state index in [2.05, 4.69) is 15.6 Å². The Labute approximate surface area is 188 Å². The van der Waals surface area contributed by atoms with Crippen LogP contribution in [0.5, 0.6) is 0 Å². The van der Waals surface area contributed by atoms with E-state index < -0.39 is 10.0 Å². The van der Waals surface area contributed by atoms with Gasteiger partial charge in [0.1, 0.15) is 0 Å². The van der Waals surface area contributed by atoms with Crippen molar-refractivity contribution in [2.45, 2.75) is 50.0 Å². The van der Waals surface area contributed by atoms with Crippen LogP contribution in [0.1, 0.15) is 39.0 Å². The van der Waals surface area contributed by atoms with Gasteiger partial charge in [0.2, 0.25) is 5.91 Å². The number of rotatable bonds is 7. The molecule has 1 saturated carbocycles. The SMILES string of the molecule is CCCNC(=O)C1CCC(Nc2c(N)cnc3c2ccn3S(=O)(=O)c2ccccc2)CC1. The molecule has 4 rings (SSSR count). The first-order valence-corrected chi connectivity index (χ1v) is 12.5. The van der Waals surface area contributed by atoms with Crippen LogP contribution >= 0.6 is 0 Å². The maximum Gasteiger partial charge on any atom is 0.269 e. The molecule has 1 aliphatic carbocycles. The van der Waals surface area contributed by atoms with Gasteiger partial charge in [-0.25, -0.2) is 17.4 Å². The third kappa shape index (κ3) is 4.29. The Morgan fingerprint density at radius 3 is 2.56 bits per heavy atom. The Balaban J connectivity index is 1.55. The smallest absolute Gasteiger partial charge is 0.269 e. The molecule has 0 saturated heterocycles. The number of nitrogens with zero attached hydrogens (tertiary/aromatic N) is 2. The van der Waals surface area contributed by atoms with E-state index >= 15 is 0 Å². The Morgan fingerprint density at radius 1 is 1.16 bits per heavy atom. The van der Waals surface area contributed by atoms with E-state index in [1.54, 1.807) is 36.4 Å². The molecule has 4 N–H and O–H groups in total. The molecule has 170 valence electrons. The Morgan fingerprint density at radius 2 is 1.88 bits per heavy atom. The lowest BCUT2D eigenvalue weighted by Crippen LogP contribution is -2.36. The van der Waals surface area contributed by atoms with Gasteiger partial charge in [-0.15, -0.1) is 0 Å². The highest BCUT2D eigenvalue weighted by Gasteiger charge is 2.27. The average Bonchev–Trinajstić information content (AvgIpc) is 3.25. The van der Waals surface area contributed by atoms with Gasteiger partial charge in [0, 0.05) is 30.1 Å². The molecular weight excluding hydrogens is 426 g/mol. The quantitative estimate of drug-likeness (QED) is 0.503. The van der Waals surface area contributed by atoms with Gasteiger partial charge < -0.3 is 16.4 Å². The number of hydrogen-bond donors (Lipinski definition) is 3. The summed E-state index contributed by atoms with van der Waals surface area (Å²) in [7, 11) is -3.77. The molecular formula is C23H29N5O3S. The van der Waals surface area contributed by atoms with Crippen LogP contribution < -0.4 is 16.4 Å². The van der Waals surface area contributed by atoms with Crippen molar-refractivity contribution in [2.75, 3.05) is 17.6 Å². The lowest BCUT2D eigenvalue weighted by Gasteiger charge is -2.29. The number of aromatic nitrogens is 2. The molecule has 32 heavy (non-hydrogen) atoms. The normalized spacial score (nSPS) is 19.0. The van der Waals surface area contributed by atoms with Crippen LogP contribution in [0.2, 0.25) is 0 Å². The topological polar surface area (TPSA) is 119 Å². The number of nitrogens with one attached hydrogen (secondary N) is 2. The molecule has 1 aromatic carbocycles. The lowest BCUT2D eigenvalue weighted by molar-refractivity contribution is -0.125. The van der Waals surface area contributed by atoms with Crippen molar-refractivity contribution in [3.63, 3.8) is 0 Å². The van der Waals surface area contributed by atoms with Crippen molar-refractivity contribution >= 4 is 38.3 Å². The van der Waals surface area contributed by atoms with Gasteiger partial charge in [-0.05, 0) is 50.3 Å². The number of fused-ring (bicyclic) bond motifs is 1. The van der Waals surface area contributed by atoms with Crippen LogP contribution in [0, 0.1) is 5.92 Å². The third-order valence-corrected chi connectivity index (χ3v) is 7.69. The van der Waals surface area contributed by atoms with Crippen molar-refractivity contribution in [1.29, 1.82) is 0 Å². The van der Waals surface area contributed by atoms with Gasteiger partial charge in [-0.1, -0.05) is 25.1 Å². The number of pyridine rings is 1. The van der Waals surface area contributed by atoms with Crippen LogP contribution in [0.3, 0.4) is 0 Å². The first-order chi connectivity index (χ1) is 15.4. The zero-order valence-electron chi connectivity index (χ0n) is 18.1. The summed E-state index contributed by atoms with van der Waals surface area (Å²) in [6.07, 6.45) is 7.24. The van der Waals surface area contributed by atoms with Crippen molar-refractivity contribution < 1.29 is 13.2 Å². The predicted octanol–water partition coefficient (Wildman–Crippen LogP) is 3.35. The van der Waals surface area contributed by atoms with E-state index in [1.165, 1.54) is 16.4 Å². The molecule has 8 nitrogen and oxygen atoms in total. The van der Waals surface area contributed by atoms with Crippen molar-refractivity contribution in [1.82, 2.24) is 14.3 Å². The maximum absolute atomic E-state index is 13.1. The van der Waals surface area contributed by atoms with E-state index in [0.29, 0.717) is 29.0 Å².